The van der Waals surface area contributed by atoms with Crippen molar-refractivity contribution < 1.29 is 9.47 Å². The third kappa shape index (κ3) is 3.81. The van der Waals surface area contributed by atoms with E-state index < -0.39 is 6.04 Å². The Balaban J connectivity index is 1.89. The van der Waals surface area contributed by atoms with Crippen LogP contribution in [0.1, 0.15) is 31.3 Å². The van der Waals surface area contributed by atoms with Crippen LogP contribution in [-0.2, 0) is 0 Å². The van der Waals surface area contributed by atoms with Crippen molar-refractivity contribution in [2.24, 2.45) is 5.73 Å². The molecule has 2 aromatic carbocycles. The lowest BCUT2D eigenvalue weighted by Crippen LogP contribution is -2.14. The number of hydrogen-bond acceptors (Lipinski definition) is 5. The fraction of sp³-hybridized carbons (Fsp3) is 0.263. The van der Waals surface area contributed by atoms with Gasteiger partial charge in [0.25, 0.3) is 0 Å². The number of nitrogens with one attached hydrogen (secondary N) is 1. The van der Waals surface area contributed by atoms with Gasteiger partial charge in [-0.25, -0.2) is 4.98 Å². The zero-order chi connectivity index (χ0) is 18.5. The molecule has 0 saturated carbocycles. The normalized spacial score (nSPS) is 12.0. The summed E-state index contributed by atoms with van der Waals surface area (Å²) in [7, 11) is 0. The molecule has 1 heterocycles. The van der Waals surface area contributed by atoms with E-state index in [1.807, 2.05) is 50.2 Å². The van der Waals surface area contributed by atoms with Crippen LogP contribution in [-0.4, -0.2) is 28.4 Å². The molecule has 0 spiro atoms. The summed E-state index contributed by atoms with van der Waals surface area (Å²) in [6.07, 6.45) is 0. The van der Waals surface area contributed by atoms with Gasteiger partial charge >= 0.3 is 0 Å². The third-order valence-electron chi connectivity index (χ3n) is 3.84. The molecule has 0 amide bonds. The molecule has 0 aliphatic carbocycles. The van der Waals surface area contributed by atoms with Gasteiger partial charge in [-0.05, 0) is 43.7 Å². The molecule has 3 N–H and O–H groups in total. The van der Waals surface area contributed by atoms with Crippen molar-refractivity contribution in [2.45, 2.75) is 19.9 Å². The minimum absolute atomic E-state index is 0.478. The molecule has 0 aliphatic rings. The summed E-state index contributed by atoms with van der Waals surface area (Å²) in [6, 6.07) is 12.6. The largest absolute Gasteiger partial charge is 0.490 e. The Bertz CT molecular complexity index is 881. The summed E-state index contributed by atoms with van der Waals surface area (Å²) in [4.78, 5) is 4.50. The van der Waals surface area contributed by atoms with Crippen LogP contribution in [0.3, 0.4) is 0 Å². The number of benzene rings is 2. The second-order valence-electron chi connectivity index (χ2n) is 5.57. The molecular weight excluding hydrogens is 352 g/mol. The Morgan fingerprint density at radius 1 is 1.08 bits per heavy atom. The smallest absolute Gasteiger partial charge is 0.182 e. The maximum atomic E-state index is 6.37. The fourth-order valence-electron chi connectivity index (χ4n) is 2.60. The monoisotopic (exact) mass is 372 g/mol. The first kappa shape index (κ1) is 18.2. The van der Waals surface area contributed by atoms with Crippen LogP contribution >= 0.6 is 11.6 Å². The predicted molar refractivity (Wildman–Crippen MR) is 102 cm³/mol. The highest BCUT2D eigenvalue weighted by atomic mass is 35.5. The van der Waals surface area contributed by atoms with Crippen molar-refractivity contribution in [1.82, 2.24) is 15.2 Å². The van der Waals surface area contributed by atoms with Crippen molar-refractivity contribution in [2.75, 3.05) is 13.2 Å². The van der Waals surface area contributed by atoms with Crippen molar-refractivity contribution in [3.63, 3.8) is 0 Å². The van der Waals surface area contributed by atoms with E-state index in [-0.39, 0.29) is 0 Å². The van der Waals surface area contributed by atoms with Crippen LogP contribution in [0.5, 0.6) is 11.5 Å². The van der Waals surface area contributed by atoms with Gasteiger partial charge in [0.05, 0.1) is 24.3 Å². The van der Waals surface area contributed by atoms with Gasteiger partial charge < -0.3 is 15.2 Å². The number of rotatable bonds is 7. The highest BCUT2D eigenvalue weighted by Gasteiger charge is 2.18. The molecule has 6 nitrogen and oxygen atoms in total. The van der Waals surface area contributed by atoms with E-state index in [0.29, 0.717) is 41.4 Å². The molecular formula is C19H21ClN4O2. The van der Waals surface area contributed by atoms with E-state index in [9.17, 15) is 0 Å². The Labute approximate surface area is 157 Å². The van der Waals surface area contributed by atoms with Crippen molar-refractivity contribution >= 4 is 11.6 Å². The lowest BCUT2D eigenvalue weighted by molar-refractivity contribution is 0.287. The molecule has 0 bridgehead atoms. The molecule has 3 aromatic rings. The van der Waals surface area contributed by atoms with Crippen LogP contribution in [0, 0.1) is 0 Å². The molecule has 0 fully saturated rings. The van der Waals surface area contributed by atoms with Crippen molar-refractivity contribution in [1.29, 1.82) is 0 Å². The average molecular weight is 373 g/mol. The van der Waals surface area contributed by atoms with E-state index in [4.69, 9.17) is 26.8 Å². The van der Waals surface area contributed by atoms with E-state index in [1.165, 1.54) is 0 Å². The van der Waals surface area contributed by atoms with Gasteiger partial charge in [0.1, 0.15) is 5.82 Å². The second kappa shape index (κ2) is 8.21. The van der Waals surface area contributed by atoms with E-state index >= 15 is 0 Å². The van der Waals surface area contributed by atoms with Gasteiger partial charge in [0.15, 0.2) is 17.3 Å². The SMILES string of the molecule is CCOc1ccc(C(N)c2nc(-c3ccccc3Cl)n[nH]2)cc1OCC. The Kier molecular flexibility index (Phi) is 5.75. The molecule has 136 valence electrons. The van der Waals surface area contributed by atoms with Gasteiger partial charge in [-0.1, -0.05) is 29.8 Å². The van der Waals surface area contributed by atoms with Gasteiger partial charge in [0, 0.05) is 5.56 Å². The van der Waals surface area contributed by atoms with Crippen molar-refractivity contribution in [3.8, 4) is 22.9 Å². The van der Waals surface area contributed by atoms with E-state index in [2.05, 4.69) is 15.2 Å². The topological polar surface area (TPSA) is 86.0 Å². The molecule has 1 aromatic heterocycles. The highest BCUT2D eigenvalue weighted by Crippen LogP contribution is 2.32. The van der Waals surface area contributed by atoms with Crippen LogP contribution in [0.2, 0.25) is 5.02 Å². The van der Waals surface area contributed by atoms with Gasteiger partial charge in [-0.3, -0.25) is 5.10 Å². The quantitative estimate of drug-likeness (QED) is 0.655. The van der Waals surface area contributed by atoms with Gasteiger partial charge in [0.2, 0.25) is 0 Å². The average Bonchev–Trinajstić information content (AvgIpc) is 3.13. The first-order valence-corrected chi connectivity index (χ1v) is 8.84. The predicted octanol–water partition coefficient (Wildman–Crippen LogP) is 3.97. The summed E-state index contributed by atoms with van der Waals surface area (Å²) in [6.45, 7) is 4.96. The Morgan fingerprint density at radius 3 is 2.54 bits per heavy atom. The molecule has 0 saturated heterocycles. The standard InChI is InChI=1S/C19H21ClN4O2/c1-3-25-15-10-9-12(11-16(15)26-4-2)17(21)19-22-18(23-24-19)13-7-5-6-8-14(13)20/h5-11,17H,3-4,21H2,1-2H3,(H,22,23,24). The lowest BCUT2D eigenvalue weighted by Gasteiger charge is -2.14. The fourth-order valence-corrected chi connectivity index (χ4v) is 2.82. The van der Waals surface area contributed by atoms with Crippen LogP contribution < -0.4 is 15.2 Å². The van der Waals surface area contributed by atoms with E-state index in [1.54, 1.807) is 6.07 Å². The Hall–Kier alpha value is -2.57. The summed E-state index contributed by atoms with van der Waals surface area (Å²) < 4.78 is 11.3. The van der Waals surface area contributed by atoms with Crippen LogP contribution in [0.25, 0.3) is 11.4 Å². The zero-order valence-corrected chi connectivity index (χ0v) is 15.5. The molecule has 0 aliphatic heterocycles. The van der Waals surface area contributed by atoms with Gasteiger partial charge in [-0.15, -0.1) is 0 Å². The first-order chi connectivity index (χ1) is 12.6. The molecule has 26 heavy (non-hydrogen) atoms. The molecule has 0 radical (unpaired) electrons. The minimum Gasteiger partial charge on any atom is -0.490 e. The molecule has 3 rings (SSSR count). The zero-order valence-electron chi connectivity index (χ0n) is 14.7. The summed E-state index contributed by atoms with van der Waals surface area (Å²) >= 11 is 6.21. The summed E-state index contributed by atoms with van der Waals surface area (Å²) in [5.74, 6) is 2.41. The van der Waals surface area contributed by atoms with E-state index in [0.717, 1.165) is 11.1 Å². The number of H-pyrrole nitrogens is 1. The maximum absolute atomic E-state index is 6.37. The number of nitrogens with two attached hydrogens (primary N) is 1. The number of halogens is 1. The molecule has 1 unspecified atom stereocenters. The second-order valence-corrected chi connectivity index (χ2v) is 5.98. The van der Waals surface area contributed by atoms with Crippen LogP contribution in [0.4, 0.5) is 0 Å². The minimum atomic E-state index is -0.478. The highest BCUT2D eigenvalue weighted by molar-refractivity contribution is 6.33. The number of ether oxygens (including phenoxy) is 2. The molecule has 1 atom stereocenters. The van der Waals surface area contributed by atoms with Gasteiger partial charge in [-0.2, -0.15) is 5.10 Å². The van der Waals surface area contributed by atoms with Crippen molar-refractivity contribution in [3.05, 3.63) is 58.9 Å². The Morgan fingerprint density at radius 2 is 1.81 bits per heavy atom. The number of hydrogen-bond donors (Lipinski definition) is 2. The summed E-state index contributed by atoms with van der Waals surface area (Å²) in [5.41, 5.74) is 7.97. The number of nitrogens with zero attached hydrogens (tertiary/aromatic N) is 2. The number of aromatic amines is 1. The first-order valence-electron chi connectivity index (χ1n) is 8.46. The molecule has 7 heteroatoms. The number of aromatic nitrogens is 3. The summed E-state index contributed by atoms with van der Waals surface area (Å²) in [5, 5.41) is 7.74. The lowest BCUT2D eigenvalue weighted by atomic mass is 10.1. The van der Waals surface area contributed by atoms with Crippen LogP contribution in [0.15, 0.2) is 42.5 Å². The maximum Gasteiger partial charge on any atom is 0.182 e. The third-order valence-corrected chi connectivity index (χ3v) is 4.17.